The van der Waals surface area contributed by atoms with Gasteiger partial charge in [-0.2, -0.15) is 0 Å². The average Bonchev–Trinajstić information content (AvgIpc) is 2.54. The van der Waals surface area contributed by atoms with Crippen LogP contribution in [0.1, 0.15) is 53.0 Å². The van der Waals surface area contributed by atoms with Gasteiger partial charge in [0.1, 0.15) is 0 Å². The molecule has 0 aromatic heterocycles. The van der Waals surface area contributed by atoms with Crippen molar-refractivity contribution in [3.63, 3.8) is 0 Å². The van der Waals surface area contributed by atoms with Gasteiger partial charge in [-0.1, -0.05) is 58.1 Å². The first-order chi connectivity index (χ1) is 10.6. The number of nitrogens with zero attached hydrogens (tertiary/aromatic N) is 1. The van der Waals surface area contributed by atoms with E-state index >= 15 is 0 Å². The molecule has 0 fully saturated rings. The van der Waals surface area contributed by atoms with Gasteiger partial charge in [-0.05, 0) is 31.0 Å². The molecule has 0 heterocycles. The lowest BCUT2D eigenvalue weighted by molar-refractivity contribution is -0.116. The number of amides is 1. The molecule has 0 aliphatic carbocycles. The number of unbranched alkanes of at least 4 members (excludes halogenated alkanes) is 1. The highest BCUT2D eigenvalue weighted by atomic mass is 16.2. The molecule has 0 bridgehead atoms. The Morgan fingerprint density at radius 2 is 2.00 bits per heavy atom. The number of hydrogen-bond donors (Lipinski definition) is 0. The molecule has 0 atom stereocenters. The number of benzene rings is 1. The second-order valence-corrected chi connectivity index (χ2v) is 4.60. The Morgan fingerprint density at radius 1 is 1.32 bits per heavy atom. The predicted octanol–water partition coefficient (Wildman–Crippen LogP) is 5.61. The van der Waals surface area contributed by atoms with Crippen molar-refractivity contribution in [2.75, 3.05) is 11.4 Å². The number of hydrogen-bond acceptors (Lipinski definition) is 1. The molecule has 22 heavy (non-hydrogen) atoms. The first kappa shape index (κ1) is 19.9. The lowest BCUT2D eigenvalue weighted by atomic mass is 10.0. The maximum absolute atomic E-state index is 11.6. The van der Waals surface area contributed by atoms with Crippen LogP contribution in [0.3, 0.4) is 0 Å². The van der Waals surface area contributed by atoms with Crippen LogP contribution in [0.2, 0.25) is 0 Å². The van der Waals surface area contributed by atoms with Gasteiger partial charge >= 0.3 is 0 Å². The Balaban J connectivity index is 0.00000211. The van der Waals surface area contributed by atoms with E-state index in [1.54, 1.807) is 11.8 Å². The van der Waals surface area contributed by atoms with Crippen molar-refractivity contribution in [1.82, 2.24) is 0 Å². The Kier molecular flexibility index (Phi) is 10.5. The normalized spacial score (nSPS) is 9.68. The van der Waals surface area contributed by atoms with Gasteiger partial charge in [0.05, 0.1) is 0 Å². The molecule has 0 aliphatic heterocycles. The monoisotopic (exact) mass is 299 g/mol. The SMILES string of the molecule is C=C=C(/C=C/CCC)c1cccc(N(CC)C(C)=O)c1.CC. The number of allylic oxidation sites excluding steroid dienone is 3. The molecule has 1 amide bonds. The van der Waals surface area contributed by atoms with E-state index in [1.807, 2.05) is 51.1 Å². The molecule has 0 spiro atoms. The third-order valence-electron chi connectivity index (χ3n) is 3.10. The lowest BCUT2D eigenvalue weighted by Crippen LogP contribution is -2.27. The summed E-state index contributed by atoms with van der Waals surface area (Å²) in [5.41, 5.74) is 5.87. The van der Waals surface area contributed by atoms with Gasteiger partial charge in [0.25, 0.3) is 0 Å². The van der Waals surface area contributed by atoms with Gasteiger partial charge in [0, 0.05) is 24.7 Å². The third-order valence-corrected chi connectivity index (χ3v) is 3.10. The van der Waals surface area contributed by atoms with E-state index in [0.717, 1.165) is 29.7 Å². The quantitative estimate of drug-likeness (QED) is 0.494. The minimum absolute atomic E-state index is 0.0512. The van der Waals surface area contributed by atoms with E-state index in [4.69, 9.17) is 0 Å². The van der Waals surface area contributed by atoms with Crippen molar-refractivity contribution in [1.29, 1.82) is 0 Å². The fourth-order valence-electron chi connectivity index (χ4n) is 2.05. The van der Waals surface area contributed by atoms with Crippen molar-refractivity contribution < 1.29 is 4.79 Å². The van der Waals surface area contributed by atoms with Crippen LogP contribution in [0.25, 0.3) is 5.57 Å². The topological polar surface area (TPSA) is 20.3 Å². The molecule has 0 N–H and O–H groups in total. The highest BCUT2D eigenvalue weighted by Gasteiger charge is 2.09. The zero-order valence-corrected chi connectivity index (χ0v) is 14.6. The Morgan fingerprint density at radius 3 is 2.50 bits per heavy atom. The van der Waals surface area contributed by atoms with Gasteiger partial charge in [0.15, 0.2) is 0 Å². The highest BCUT2D eigenvalue weighted by molar-refractivity contribution is 5.92. The van der Waals surface area contributed by atoms with Gasteiger partial charge in [0.2, 0.25) is 5.91 Å². The molecule has 0 saturated carbocycles. The molecule has 0 radical (unpaired) electrons. The van der Waals surface area contributed by atoms with E-state index < -0.39 is 0 Å². The molecule has 2 heteroatoms. The number of carbonyl (C=O) groups is 1. The Bertz CT molecular complexity index is 536. The summed E-state index contributed by atoms with van der Waals surface area (Å²) in [7, 11) is 0. The van der Waals surface area contributed by atoms with Crippen LogP contribution in [0.15, 0.2) is 48.7 Å². The maximum atomic E-state index is 11.6. The summed E-state index contributed by atoms with van der Waals surface area (Å²) in [6.07, 6.45) is 6.33. The third kappa shape index (κ3) is 6.15. The number of carbonyl (C=O) groups excluding carboxylic acids is 1. The van der Waals surface area contributed by atoms with Crippen LogP contribution >= 0.6 is 0 Å². The molecule has 0 saturated heterocycles. The van der Waals surface area contributed by atoms with E-state index in [2.05, 4.69) is 25.3 Å². The molecule has 2 nitrogen and oxygen atoms in total. The van der Waals surface area contributed by atoms with Crippen molar-refractivity contribution >= 4 is 17.2 Å². The Hall–Kier alpha value is -2.05. The molecule has 120 valence electrons. The zero-order chi connectivity index (χ0) is 17.0. The predicted molar refractivity (Wildman–Crippen MR) is 98.1 cm³/mol. The first-order valence-electron chi connectivity index (χ1n) is 8.09. The van der Waals surface area contributed by atoms with Crippen molar-refractivity contribution in [3.05, 3.63) is 54.3 Å². The van der Waals surface area contributed by atoms with E-state index in [9.17, 15) is 4.79 Å². The summed E-state index contributed by atoms with van der Waals surface area (Å²) in [4.78, 5) is 13.4. The van der Waals surface area contributed by atoms with Crippen LogP contribution < -0.4 is 4.90 Å². The fraction of sp³-hybridized carbons (Fsp3) is 0.400. The number of rotatable bonds is 6. The van der Waals surface area contributed by atoms with Crippen molar-refractivity contribution in [3.8, 4) is 0 Å². The summed E-state index contributed by atoms with van der Waals surface area (Å²) >= 11 is 0. The van der Waals surface area contributed by atoms with Gasteiger partial charge < -0.3 is 4.90 Å². The fourth-order valence-corrected chi connectivity index (χ4v) is 2.05. The maximum Gasteiger partial charge on any atom is 0.223 e. The minimum atomic E-state index is 0.0512. The van der Waals surface area contributed by atoms with Crippen LogP contribution in [0.4, 0.5) is 5.69 Å². The van der Waals surface area contributed by atoms with Crippen LogP contribution in [-0.4, -0.2) is 12.5 Å². The van der Waals surface area contributed by atoms with Gasteiger partial charge in [-0.15, -0.1) is 5.73 Å². The molecule has 1 aromatic carbocycles. The molecular formula is C20H29NO. The van der Waals surface area contributed by atoms with Crippen molar-refractivity contribution in [2.24, 2.45) is 0 Å². The summed E-state index contributed by atoms with van der Waals surface area (Å²) in [5, 5.41) is 0. The zero-order valence-electron chi connectivity index (χ0n) is 14.6. The summed E-state index contributed by atoms with van der Waals surface area (Å²) in [6, 6.07) is 7.93. The van der Waals surface area contributed by atoms with E-state index in [-0.39, 0.29) is 5.91 Å². The molecular weight excluding hydrogens is 270 g/mol. The van der Waals surface area contributed by atoms with Gasteiger partial charge in [-0.25, -0.2) is 0 Å². The lowest BCUT2D eigenvalue weighted by Gasteiger charge is -2.19. The molecule has 0 aliphatic rings. The summed E-state index contributed by atoms with van der Waals surface area (Å²) in [5.74, 6) is 0.0512. The molecule has 1 aromatic rings. The van der Waals surface area contributed by atoms with Gasteiger partial charge in [-0.3, -0.25) is 4.79 Å². The number of anilines is 1. The summed E-state index contributed by atoms with van der Waals surface area (Å²) < 4.78 is 0. The standard InChI is InChI=1S/C18H23NO.C2H6/c1-5-8-9-11-16(6-2)17-12-10-13-18(14-17)19(7-3)15(4)20;1-2/h9-14H,2,5,7-8H2,1,3-4H3;1-2H3/b11-9+;. The smallest absolute Gasteiger partial charge is 0.223 e. The molecule has 0 unspecified atom stereocenters. The van der Waals surface area contributed by atoms with Crippen LogP contribution in [0, 0.1) is 0 Å². The molecule has 1 rings (SSSR count). The second-order valence-electron chi connectivity index (χ2n) is 4.60. The summed E-state index contributed by atoms with van der Waals surface area (Å²) in [6.45, 7) is 14.1. The minimum Gasteiger partial charge on any atom is -0.313 e. The largest absolute Gasteiger partial charge is 0.313 e. The average molecular weight is 299 g/mol. The second kappa shape index (κ2) is 11.6. The highest BCUT2D eigenvalue weighted by Crippen LogP contribution is 2.22. The Labute approximate surface area is 135 Å². The van der Waals surface area contributed by atoms with E-state index in [0.29, 0.717) is 6.54 Å². The van der Waals surface area contributed by atoms with Crippen LogP contribution in [0.5, 0.6) is 0 Å². The first-order valence-corrected chi connectivity index (χ1v) is 8.09. The van der Waals surface area contributed by atoms with E-state index in [1.165, 1.54) is 0 Å². The van der Waals surface area contributed by atoms with Crippen molar-refractivity contribution in [2.45, 2.75) is 47.5 Å². The van der Waals surface area contributed by atoms with Crippen LogP contribution in [-0.2, 0) is 4.79 Å².